The molecule has 1 N–H and O–H groups in total. The van der Waals surface area contributed by atoms with E-state index in [9.17, 15) is 0 Å². The van der Waals surface area contributed by atoms with E-state index in [2.05, 4.69) is 75.8 Å². The Labute approximate surface area is 170 Å². The number of nitrogens with one attached hydrogen (secondary N) is 1. The van der Waals surface area contributed by atoms with Crippen molar-refractivity contribution in [3.8, 4) is 0 Å². The summed E-state index contributed by atoms with van der Waals surface area (Å²) in [4.78, 5) is 11.7. The Bertz CT molecular complexity index is 521. The van der Waals surface area contributed by atoms with Gasteiger partial charge in [0.25, 0.3) is 0 Å². The average molecular weight is 462 g/mol. The van der Waals surface area contributed by atoms with Crippen molar-refractivity contribution in [2.24, 2.45) is 12.0 Å². The van der Waals surface area contributed by atoms with Gasteiger partial charge in [0.2, 0.25) is 0 Å². The lowest BCUT2D eigenvalue weighted by Gasteiger charge is -2.38. The molecule has 1 aliphatic rings. The van der Waals surface area contributed by atoms with E-state index in [0.29, 0.717) is 6.04 Å². The molecular formula is C18H35IN6. The van der Waals surface area contributed by atoms with Gasteiger partial charge in [-0.15, -0.1) is 24.0 Å². The zero-order valence-corrected chi connectivity index (χ0v) is 18.7. The first-order chi connectivity index (χ1) is 11.5. The van der Waals surface area contributed by atoms with Crippen molar-refractivity contribution >= 4 is 29.9 Å². The van der Waals surface area contributed by atoms with Crippen molar-refractivity contribution in [3.63, 3.8) is 0 Å². The predicted molar refractivity (Wildman–Crippen MR) is 117 cm³/mol. The molecule has 1 aliphatic heterocycles. The maximum absolute atomic E-state index is 4.44. The summed E-state index contributed by atoms with van der Waals surface area (Å²) >= 11 is 0. The van der Waals surface area contributed by atoms with Gasteiger partial charge in [0, 0.05) is 71.8 Å². The van der Waals surface area contributed by atoms with Gasteiger partial charge in [-0.1, -0.05) is 6.92 Å². The quantitative estimate of drug-likeness (QED) is 0.397. The molecule has 1 atom stereocenters. The van der Waals surface area contributed by atoms with Crippen LogP contribution in [0.5, 0.6) is 0 Å². The van der Waals surface area contributed by atoms with Crippen LogP contribution in [0.3, 0.4) is 0 Å². The molecule has 7 heteroatoms. The number of nitrogens with zero attached hydrogens (tertiary/aromatic N) is 5. The molecule has 1 saturated heterocycles. The number of likely N-dealkylation sites (N-methyl/N-ethyl adjacent to an activating group) is 1. The van der Waals surface area contributed by atoms with Crippen LogP contribution >= 0.6 is 24.0 Å². The highest BCUT2D eigenvalue weighted by atomic mass is 127. The summed E-state index contributed by atoms with van der Waals surface area (Å²) in [6, 6.07) is 4.75. The second kappa shape index (κ2) is 11.0. The number of aromatic nitrogens is 1. The molecule has 0 aromatic carbocycles. The summed E-state index contributed by atoms with van der Waals surface area (Å²) in [5.41, 5.74) is 1.28. The fourth-order valence-corrected chi connectivity index (χ4v) is 3.25. The van der Waals surface area contributed by atoms with Crippen molar-refractivity contribution < 1.29 is 0 Å². The number of halogens is 1. The molecule has 1 unspecified atom stereocenters. The Kier molecular flexibility index (Phi) is 9.81. The molecular weight excluding hydrogens is 427 g/mol. The molecule has 1 fully saturated rings. The molecule has 6 nitrogen and oxygen atoms in total. The highest BCUT2D eigenvalue weighted by Gasteiger charge is 2.20. The van der Waals surface area contributed by atoms with E-state index >= 15 is 0 Å². The smallest absolute Gasteiger partial charge is 0.193 e. The third kappa shape index (κ3) is 6.45. The minimum atomic E-state index is 0. The van der Waals surface area contributed by atoms with Crippen LogP contribution in [0.1, 0.15) is 19.5 Å². The second-order valence-electron chi connectivity index (χ2n) is 6.71. The molecule has 0 radical (unpaired) electrons. The van der Waals surface area contributed by atoms with E-state index in [1.54, 1.807) is 0 Å². The van der Waals surface area contributed by atoms with Crippen LogP contribution in [0.15, 0.2) is 23.3 Å². The molecule has 0 aliphatic carbocycles. The number of piperazine rings is 1. The molecule has 0 spiro atoms. The van der Waals surface area contributed by atoms with E-state index in [1.165, 1.54) is 18.8 Å². The number of rotatable bonds is 6. The van der Waals surface area contributed by atoms with Gasteiger partial charge in [0.05, 0.1) is 6.54 Å². The molecule has 2 heterocycles. The monoisotopic (exact) mass is 462 g/mol. The summed E-state index contributed by atoms with van der Waals surface area (Å²) in [5.74, 6) is 0.954. The summed E-state index contributed by atoms with van der Waals surface area (Å²) < 4.78 is 2.15. The van der Waals surface area contributed by atoms with E-state index in [1.807, 2.05) is 7.05 Å². The van der Waals surface area contributed by atoms with Crippen molar-refractivity contribution in [1.82, 2.24) is 24.6 Å². The van der Waals surface area contributed by atoms with Gasteiger partial charge in [-0.3, -0.25) is 9.89 Å². The predicted octanol–water partition coefficient (Wildman–Crippen LogP) is 1.68. The van der Waals surface area contributed by atoms with E-state index in [0.717, 1.165) is 38.7 Å². The lowest BCUT2D eigenvalue weighted by molar-refractivity contribution is 0.107. The lowest BCUT2D eigenvalue weighted by atomic mass is 10.2. The first-order valence-corrected chi connectivity index (χ1v) is 9.03. The SMILES string of the molecule is CCN1CCN(C(C)CNC(=NC)N(C)Cc2cccn2C)CC1.I. The highest BCUT2D eigenvalue weighted by Crippen LogP contribution is 2.06. The fourth-order valence-electron chi connectivity index (χ4n) is 3.25. The van der Waals surface area contributed by atoms with Gasteiger partial charge in [-0.25, -0.2) is 0 Å². The van der Waals surface area contributed by atoms with Crippen molar-refractivity contribution in [2.75, 3.05) is 53.4 Å². The minimum Gasteiger partial charge on any atom is -0.355 e. The van der Waals surface area contributed by atoms with Gasteiger partial charge in [-0.2, -0.15) is 0 Å². The van der Waals surface area contributed by atoms with Gasteiger partial charge in [0.15, 0.2) is 5.96 Å². The summed E-state index contributed by atoms with van der Waals surface area (Å²) in [6.45, 7) is 12.2. The van der Waals surface area contributed by atoms with Crippen molar-refractivity contribution in [2.45, 2.75) is 26.4 Å². The molecule has 1 aromatic heterocycles. The van der Waals surface area contributed by atoms with Crippen LogP contribution in [0, 0.1) is 0 Å². The first kappa shape index (κ1) is 22.2. The van der Waals surface area contributed by atoms with E-state index in [4.69, 9.17) is 0 Å². The zero-order chi connectivity index (χ0) is 17.5. The number of hydrogen-bond acceptors (Lipinski definition) is 3. The van der Waals surface area contributed by atoms with Gasteiger partial charge >= 0.3 is 0 Å². The molecule has 0 bridgehead atoms. The second-order valence-corrected chi connectivity index (χ2v) is 6.71. The Hall–Kier alpha value is -0.800. The number of hydrogen-bond donors (Lipinski definition) is 1. The molecule has 0 amide bonds. The first-order valence-electron chi connectivity index (χ1n) is 9.03. The molecule has 1 aromatic rings. The van der Waals surface area contributed by atoms with Crippen molar-refractivity contribution in [1.29, 1.82) is 0 Å². The minimum absolute atomic E-state index is 0. The van der Waals surface area contributed by atoms with Gasteiger partial charge < -0.3 is 19.7 Å². The van der Waals surface area contributed by atoms with Crippen LogP contribution in [-0.4, -0.2) is 84.6 Å². The third-order valence-corrected chi connectivity index (χ3v) is 5.06. The maximum Gasteiger partial charge on any atom is 0.193 e. The number of aliphatic imine (C=N–C) groups is 1. The van der Waals surface area contributed by atoms with E-state index in [-0.39, 0.29) is 24.0 Å². The molecule has 2 rings (SSSR count). The highest BCUT2D eigenvalue weighted by molar-refractivity contribution is 14.0. The largest absolute Gasteiger partial charge is 0.355 e. The van der Waals surface area contributed by atoms with Crippen LogP contribution in [0.2, 0.25) is 0 Å². The average Bonchev–Trinajstić information content (AvgIpc) is 3.00. The van der Waals surface area contributed by atoms with Crippen LogP contribution in [0.4, 0.5) is 0 Å². The maximum atomic E-state index is 4.44. The van der Waals surface area contributed by atoms with Gasteiger partial charge in [0.1, 0.15) is 0 Å². The van der Waals surface area contributed by atoms with Crippen LogP contribution < -0.4 is 5.32 Å². The Morgan fingerprint density at radius 3 is 2.52 bits per heavy atom. The lowest BCUT2D eigenvalue weighted by Crippen LogP contribution is -2.53. The Morgan fingerprint density at radius 1 is 1.32 bits per heavy atom. The van der Waals surface area contributed by atoms with Crippen LogP contribution in [0.25, 0.3) is 0 Å². The van der Waals surface area contributed by atoms with Crippen molar-refractivity contribution in [3.05, 3.63) is 24.0 Å². The summed E-state index contributed by atoms with van der Waals surface area (Å²) in [7, 11) is 6.03. The Morgan fingerprint density at radius 2 is 2.00 bits per heavy atom. The normalized spacial score (nSPS) is 17.9. The summed E-state index contributed by atoms with van der Waals surface area (Å²) in [6.07, 6.45) is 2.08. The van der Waals surface area contributed by atoms with E-state index < -0.39 is 0 Å². The topological polar surface area (TPSA) is 39.0 Å². The molecule has 0 saturated carbocycles. The number of guanidine groups is 1. The summed E-state index contributed by atoms with van der Waals surface area (Å²) in [5, 5.41) is 3.53. The zero-order valence-electron chi connectivity index (χ0n) is 16.4. The standard InChI is InChI=1S/C18H34N6.HI/c1-6-23-10-12-24(13-11-23)16(2)14-20-18(19-3)22(5)15-17-8-7-9-21(17)4;/h7-9,16H,6,10-15H2,1-5H3,(H,19,20);1H. The molecule has 144 valence electrons. The molecule has 25 heavy (non-hydrogen) atoms. The Balaban J connectivity index is 0.00000312. The third-order valence-electron chi connectivity index (χ3n) is 5.06. The van der Waals surface area contributed by atoms with Gasteiger partial charge in [-0.05, 0) is 25.6 Å². The number of aryl methyl sites for hydroxylation is 1. The van der Waals surface area contributed by atoms with Crippen LogP contribution in [-0.2, 0) is 13.6 Å². The fraction of sp³-hybridized carbons (Fsp3) is 0.722.